The summed E-state index contributed by atoms with van der Waals surface area (Å²) >= 11 is 0. The van der Waals surface area contributed by atoms with Crippen LogP contribution < -0.4 is 0 Å². The van der Waals surface area contributed by atoms with Gasteiger partial charge in [0.15, 0.2) is 0 Å². The minimum atomic E-state index is -4.42. The van der Waals surface area contributed by atoms with Crippen LogP contribution in [0.5, 0.6) is 0 Å². The second-order valence-electron chi connectivity index (χ2n) is 3.99. The topological polar surface area (TPSA) is 70.7 Å². The lowest BCUT2D eigenvalue weighted by Crippen LogP contribution is -2.30. The Morgan fingerprint density at radius 1 is 1.47 bits per heavy atom. The van der Waals surface area contributed by atoms with Gasteiger partial charge in [-0.3, -0.25) is 0 Å². The minimum Gasteiger partial charge on any atom is -0.478 e. The molecule has 0 spiro atoms. The monoisotopic (exact) mass is 250 g/mol. The summed E-state index contributed by atoms with van der Waals surface area (Å²) < 4.78 is 42.3. The lowest BCUT2D eigenvalue weighted by atomic mass is 9.84. The van der Waals surface area contributed by atoms with Crippen molar-refractivity contribution in [3.05, 3.63) is 23.2 Å². The summed E-state index contributed by atoms with van der Waals surface area (Å²) in [4.78, 5) is 10.8. The summed E-state index contributed by atoms with van der Waals surface area (Å²) in [5, 5.41) is 18.4. The summed E-state index contributed by atoms with van der Waals surface area (Å²) in [6.07, 6.45) is -5.96. The molecule has 0 unspecified atom stereocenters. The molecule has 0 aliphatic heterocycles. The maximum atomic E-state index is 12.5. The normalized spacial score (nSPS) is 24.5. The van der Waals surface area contributed by atoms with E-state index in [0.29, 0.717) is 0 Å². The van der Waals surface area contributed by atoms with Gasteiger partial charge in [0.2, 0.25) is 0 Å². The van der Waals surface area contributed by atoms with Crippen LogP contribution in [0.25, 0.3) is 0 Å². The van der Waals surface area contributed by atoms with Gasteiger partial charge in [-0.2, -0.15) is 13.2 Å². The molecule has 4 nitrogen and oxygen atoms in total. The van der Waals surface area contributed by atoms with Crippen LogP contribution in [0.3, 0.4) is 0 Å². The number of furan rings is 1. The molecule has 1 heterocycles. The standard InChI is InChI=1S/C10H9F3O4/c11-10(12,13)4-1-6(14)8-5(9(15)16)3-17-7(8)2-4/h3-4,6,14H,1-2H2,(H,15,16)/t4-,6+/m1/s1. The number of aromatic carboxylic acids is 1. The maximum absolute atomic E-state index is 12.5. The molecule has 1 aromatic heterocycles. The lowest BCUT2D eigenvalue weighted by molar-refractivity contribution is -0.185. The fraction of sp³-hybridized carbons (Fsp3) is 0.500. The number of hydrogen-bond acceptors (Lipinski definition) is 3. The highest BCUT2D eigenvalue weighted by Crippen LogP contribution is 2.43. The molecule has 7 heteroatoms. The van der Waals surface area contributed by atoms with E-state index in [1.807, 2.05) is 0 Å². The van der Waals surface area contributed by atoms with Gasteiger partial charge in [-0.25, -0.2) is 4.79 Å². The molecule has 1 aromatic rings. The Morgan fingerprint density at radius 3 is 2.65 bits per heavy atom. The second-order valence-corrected chi connectivity index (χ2v) is 3.99. The minimum absolute atomic E-state index is 0.0296. The number of carbonyl (C=O) groups is 1. The van der Waals surface area contributed by atoms with Crippen molar-refractivity contribution in [2.75, 3.05) is 0 Å². The first-order valence-corrected chi connectivity index (χ1v) is 4.89. The van der Waals surface area contributed by atoms with E-state index in [4.69, 9.17) is 9.52 Å². The van der Waals surface area contributed by atoms with Crippen LogP contribution in [0.4, 0.5) is 13.2 Å². The van der Waals surface area contributed by atoms with Gasteiger partial charge in [-0.15, -0.1) is 0 Å². The number of carboxylic acids is 1. The van der Waals surface area contributed by atoms with E-state index in [-0.39, 0.29) is 16.9 Å². The molecule has 0 bridgehead atoms. The van der Waals surface area contributed by atoms with E-state index < -0.39 is 37.0 Å². The van der Waals surface area contributed by atoms with Crippen molar-refractivity contribution in [2.45, 2.75) is 25.1 Å². The van der Waals surface area contributed by atoms with Crippen molar-refractivity contribution >= 4 is 5.97 Å². The SMILES string of the molecule is O=C(O)c1coc2c1[C@@H](O)C[C@@H](C(F)(F)F)C2. The van der Waals surface area contributed by atoms with Crippen molar-refractivity contribution in [2.24, 2.45) is 5.92 Å². The molecule has 1 aliphatic rings. The largest absolute Gasteiger partial charge is 0.478 e. The molecule has 0 amide bonds. The average Bonchev–Trinajstić information content (AvgIpc) is 2.60. The van der Waals surface area contributed by atoms with Crippen molar-refractivity contribution in [1.82, 2.24) is 0 Å². The molecule has 0 fully saturated rings. The number of halogens is 3. The number of fused-ring (bicyclic) bond motifs is 1. The van der Waals surface area contributed by atoms with Crippen molar-refractivity contribution in [1.29, 1.82) is 0 Å². The van der Waals surface area contributed by atoms with Crippen LogP contribution in [-0.2, 0) is 6.42 Å². The first kappa shape index (κ1) is 12.0. The van der Waals surface area contributed by atoms with Gasteiger partial charge < -0.3 is 14.6 Å². The lowest BCUT2D eigenvalue weighted by Gasteiger charge is -2.27. The molecule has 1 aliphatic carbocycles. The van der Waals surface area contributed by atoms with Crippen molar-refractivity contribution in [3.63, 3.8) is 0 Å². The van der Waals surface area contributed by atoms with Gasteiger partial charge in [-0.1, -0.05) is 0 Å². The van der Waals surface area contributed by atoms with E-state index in [1.54, 1.807) is 0 Å². The Hall–Kier alpha value is -1.50. The molecular weight excluding hydrogens is 241 g/mol. The molecular formula is C10H9F3O4. The third kappa shape index (κ3) is 2.02. The van der Waals surface area contributed by atoms with Gasteiger partial charge in [-0.05, 0) is 6.42 Å². The predicted octanol–water partition coefficient (Wildman–Crippen LogP) is 2.14. The number of alkyl halides is 3. The van der Waals surface area contributed by atoms with Gasteiger partial charge >= 0.3 is 12.1 Å². The Morgan fingerprint density at radius 2 is 2.12 bits per heavy atom. The van der Waals surface area contributed by atoms with E-state index in [9.17, 15) is 23.1 Å². The molecule has 2 rings (SSSR count). The first-order chi connectivity index (χ1) is 7.80. The fourth-order valence-corrected chi connectivity index (χ4v) is 2.04. The predicted molar refractivity (Wildman–Crippen MR) is 48.5 cm³/mol. The van der Waals surface area contributed by atoms with Gasteiger partial charge in [0, 0.05) is 12.0 Å². The third-order valence-corrected chi connectivity index (χ3v) is 2.88. The highest BCUT2D eigenvalue weighted by atomic mass is 19.4. The Kier molecular flexibility index (Phi) is 2.65. The molecule has 0 saturated heterocycles. The molecule has 2 N–H and O–H groups in total. The van der Waals surface area contributed by atoms with Gasteiger partial charge in [0.25, 0.3) is 0 Å². The smallest absolute Gasteiger partial charge is 0.392 e. The third-order valence-electron chi connectivity index (χ3n) is 2.88. The molecule has 0 saturated carbocycles. The van der Waals surface area contributed by atoms with Crippen molar-refractivity contribution in [3.8, 4) is 0 Å². The van der Waals surface area contributed by atoms with Crippen LogP contribution in [0, 0.1) is 5.92 Å². The van der Waals surface area contributed by atoms with E-state index in [1.165, 1.54) is 0 Å². The number of rotatable bonds is 1. The van der Waals surface area contributed by atoms with Crippen molar-refractivity contribution < 1.29 is 32.6 Å². The van der Waals surface area contributed by atoms with E-state index in [2.05, 4.69) is 0 Å². The summed E-state index contributed by atoms with van der Waals surface area (Å²) in [6.45, 7) is 0. The van der Waals surface area contributed by atoms with Crippen LogP contribution in [0.2, 0.25) is 0 Å². The summed E-state index contributed by atoms with van der Waals surface area (Å²) in [5.41, 5.74) is -0.300. The number of aliphatic hydroxyl groups excluding tert-OH is 1. The zero-order chi connectivity index (χ0) is 12.8. The van der Waals surface area contributed by atoms with Crippen LogP contribution in [-0.4, -0.2) is 22.4 Å². The van der Waals surface area contributed by atoms with E-state index in [0.717, 1.165) is 6.26 Å². The number of carboxylic acid groups (broad SMARTS) is 1. The zero-order valence-corrected chi connectivity index (χ0v) is 8.49. The first-order valence-electron chi connectivity index (χ1n) is 4.89. The van der Waals surface area contributed by atoms with Crippen LogP contribution in [0.15, 0.2) is 10.7 Å². The summed E-state index contributed by atoms with van der Waals surface area (Å²) in [5.74, 6) is -3.11. The highest BCUT2D eigenvalue weighted by molar-refractivity contribution is 5.89. The van der Waals surface area contributed by atoms with Crippen LogP contribution >= 0.6 is 0 Å². The number of hydrogen-bond donors (Lipinski definition) is 2. The second kappa shape index (κ2) is 3.76. The Bertz CT molecular complexity index is 449. The summed E-state index contributed by atoms with van der Waals surface area (Å²) in [6, 6.07) is 0. The van der Waals surface area contributed by atoms with Gasteiger partial charge in [0.05, 0.1) is 12.0 Å². The summed E-state index contributed by atoms with van der Waals surface area (Å²) in [7, 11) is 0. The average molecular weight is 250 g/mol. The maximum Gasteiger partial charge on any atom is 0.392 e. The molecule has 17 heavy (non-hydrogen) atoms. The fourth-order valence-electron chi connectivity index (χ4n) is 2.04. The number of aliphatic hydroxyl groups is 1. The zero-order valence-electron chi connectivity index (χ0n) is 8.49. The van der Waals surface area contributed by atoms with Crippen LogP contribution in [0.1, 0.15) is 34.2 Å². The van der Waals surface area contributed by atoms with Gasteiger partial charge in [0.1, 0.15) is 17.6 Å². The Labute approximate surface area is 93.7 Å². The van der Waals surface area contributed by atoms with E-state index >= 15 is 0 Å². The molecule has 2 atom stereocenters. The highest BCUT2D eigenvalue weighted by Gasteiger charge is 2.46. The molecule has 0 aromatic carbocycles. The molecule has 0 radical (unpaired) electrons. The Balaban J connectivity index is 2.37. The molecule has 94 valence electrons. The quantitative estimate of drug-likeness (QED) is 0.801.